The second-order valence-corrected chi connectivity index (χ2v) is 7.38. The van der Waals surface area contributed by atoms with Crippen LogP contribution in [0.4, 0.5) is 10.1 Å². The van der Waals surface area contributed by atoms with Crippen LogP contribution in [0.25, 0.3) is 5.70 Å². The standard InChI is InChI=1S/C16H20FN3OS2/c1-11(22)18-10-13-9-15(19-21-13)12-2-3-16(14(17)8-12)20-4-6-23-7-5-20/h2-3,8-9,13,19H,4-7,10H2,1H3,(H,18,22). The first kappa shape index (κ1) is 16.5. The summed E-state index contributed by atoms with van der Waals surface area (Å²) in [6, 6.07) is 5.36. The van der Waals surface area contributed by atoms with Gasteiger partial charge in [0.15, 0.2) is 0 Å². The van der Waals surface area contributed by atoms with Gasteiger partial charge in [0.2, 0.25) is 0 Å². The SMILES string of the molecule is CC(=S)NCC1C=C(c2ccc(N3CCSCC3)c(F)c2)NO1. The molecule has 4 nitrogen and oxygen atoms in total. The summed E-state index contributed by atoms with van der Waals surface area (Å²) in [6.45, 7) is 4.22. The number of hydrogen-bond acceptors (Lipinski definition) is 5. The topological polar surface area (TPSA) is 36.5 Å². The van der Waals surface area contributed by atoms with Crippen LogP contribution in [-0.4, -0.2) is 42.2 Å². The normalized spacial score (nSPS) is 20.9. The molecule has 0 amide bonds. The van der Waals surface area contributed by atoms with E-state index >= 15 is 0 Å². The van der Waals surface area contributed by atoms with Crippen molar-refractivity contribution in [3.8, 4) is 0 Å². The molecule has 1 saturated heterocycles. The van der Waals surface area contributed by atoms with Gasteiger partial charge in [-0.15, -0.1) is 0 Å². The Labute approximate surface area is 145 Å². The summed E-state index contributed by atoms with van der Waals surface area (Å²) in [5.41, 5.74) is 5.13. The van der Waals surface area contributed by atoms with Crippen molar-refractivity contribution in [2.75, 3.05) is 36.0 Å². The van der Waals surface area contributed by atoms with Gasteiger partial charge in [0.05, 0.1) is 16.4 Å². The van der Waals surface area contributed by atoms with E-state index in [9.17, 15) is 4.39 Å². The number of halogens is 1. The Morgan fingerprint density at radius 3 is 2.96 bits per heavy atom. The first-order valence-electron chi connectivity index (χ1n) is 7.64. The van der Waals surface area contributed by atoms with Crippen molar-refractivity contribution >= 4 is 40.4 Å². The fourth-order valence-electron chi connectivity index (χ4n) is 2.63. The van der Waals surface area contributed by atoms with E-state index in [1.165, 1.54) is 0 Å². The minimum Gasteiger partial charge on any atom is -0.377 e. The van der Waals surface area contributed by atoms with Crippen LogP contribution >= 0.6 is 24.0 Å². The summed E-state index contributed by atoms with van der Waals surface area (Å²) in [7, 11) is 0. The summed E-state index contributed by atoms with van der Waals surface area (Å²) < 4.78 is 14.5. The summed E-state index contributed by atoms with van der Waals surface area (Å²) in [4.78, 5) is 8.29. The van der Waals surface area contributed by atoms with Gasteiger partial charge in [0.25, 0.3) is 0 Å². The molecule has 2 heterocycles. The summed E-state index contributed by atoms with van der Waals surface area (Å²) in [5.74, 6) is 1.92. The van der Waals surface area contributed by atoms with Crippen molar-refractivity contribution in [1.29, 1.82) is 0 Å². The molecule has 2 aliphatic heterocycles. The molecule has 2 aliphatic rings. The molecule has 0 spiro atoms. The molecule has 1 aromatic rings. The van der Waals surface area contributed by atoms with Crippen LogP contribution in [0.2, 0.25) is 0 Å². The van der Waals surface area contributed by atoms with Crippen LogP contribution in [0, 0.1) is 5.82 Å². The van der Waals surface area contributed by atoms with Crippen LogP contribution in [0.5, 0.6) is 0 Å². The minimum atomic E-state index is -0.187. The number of thioether (sulfide) groups is 1. The van der Waals surface area contributed by atoms with Crippen molar-refractivity contribution in [1.82, 2.24) is 10.8 Å². The first-order valence-corrected chi connectivity index (χ1v) is 9.20. The van der Waals surface area contributed by atoms with Crippen molar-refractivity contribution in [3.63, 3.8) is 0 Å². The monoisotopic (exact) mass is 353 g/mol. The van der Waals surface area contributed by atoms with E-state index in [0.717, 1.165) is 40.8 Å². The van der Waals surface area contributed by atoms with Crippen LogP contribution in [0.15, 0.2) is 24.3 Å². The maximum absolute atomic E-state index is 14.5. The van der Waals surface area contributed by atoms with Gasteiger partial charge in [-0.3, -0.25) is 10.3 Å². The van der Waals surface area contributed by atoms with Crippen molar-refractivity contribution < 1.29 is 9.23 Å². The molecule has 1 aromatic carbocycles. The Morgan fingerprint density at radius 2 is 2.26 bits per heavy atom. The molecule has 124 valence electrons. The van der Waals surface area contributed by atoms with Gasteiger partial charge in [0, 0.05) is 36.7 Å². The fraction of sp³-hybridized carbons (Fsp3) is 0.438. The Hall–Kier alpha value is -1.31. The zero-order chi connectivity index (χ0) is 16.2. The lowest BCUT2D eigenvalue weighted by Crippen LogP contribution is -2.33. The number of anilines is 1. The fourth-order valence-corrected chi connectivity index (χ4v) is 3.61. The van der Waals surface area contributed by atoms with E-state index in [1.807, 2.05) is 36.9 Å². The van der Waals surface area contributed by atoms with E-state index in [1.54, 1.807) is 6.07 Å². The smallest absolute Gasteiger partial charge is 0.147 e. The maximum atomic E-state index is 14.5. The second-order valence-electron chi connectivity index (χ2n) is 5.54. The number of benzene rings is 1. The molecule has 1 unspecified atom stereocenters. The molecule has 0 aromatic heterocycles. The largest absolute Gasteiger partial charge is 0.377 e. The number of hydroxylamine groups is 1. The van der Waals surface area contributed by atoms with Gasteiger partial charge in [-0.25, -0.2) is 4.39 Å². The number of thiocarbonyl (C=S) groups is 1. The Kier molecular flexibility index (Phi) is 5.40. The lowest BCUT2D eigenvalue weighted by atomic mass is 10.1. The van der Waals surface area contributed by atoms with E-state index in [-0.39, 0.29) is 11.9 Å². The summed E-state index contributed by atoms with van der Waals surface area (Å²) in [5, 5.41) is 3.06. The van der Waals surface area contributed by atoms with Crippen LogP contribution < -0.4 is 15.7 Å². The molecular weight excluding hydrogens is 333 g/mol. The molecule has 0 aliphatic carbocycles. The summed E-state index contributed by atoms with van der Waals surface area (Å²) in [6.07, 6.45) is 1.82. The highest BCUT2D eigenvalue weighted by Gasteiger charge is 2.20. The predicted octanol–water partition coefficient (Wildman–Crippen LogP) is 2.56. The molecule has 2 N–H and O–H groups in total. The number of hydrogen-bond donors (Lipinski definition) is 2. The zero-order valence-electron chi connectivity index (χ0n) is 13.0. The third kappa shape index (κ3) is 4.16. The van der Waals surface area contributed by atoms with E-state index in [4.69, 9.17) is 17.1 Å². The van der Waals surface area contributed by atoms with Gasteiger partial charge >= 0.3 is 0 Å². The minimum absolute atomic E-state index is 0.121. The molecule has 23 heavy (non-hydrogen) atoms. The molecule has 0 saturated carbocycles. The number of rotatable bonds is 4. The molecular formula is C16H20FN3OS2. The van der Waals surface area contributed by atoms with Gasteiger partial charge in [-0.05, 0) is 25.1 Å². The highest BCUT2D eigenvalue weighted by molar-refractivity contribution is 7.99. The van der Waals surface area contributed by atoms with E-state index in [0.29, 0.717) is 12.2 Å². The molecule has 0 radical (unpaired) electrons. The Balaban J connectivity index is 1.70. The maximum Gasteiger partial charge on any atom is 0.147 e. The van der Waals surface area contributed by atoms with Crippen molar-refractivity contribution in [3.05, 3.63) is 35.7 Å². The zero-order valence-corrected chi connectivity index (χ0v) is 14.6. The number of nitrogens with one attached hydrogen (secondary N) is 2. The van der Waals surface area contributed by atoms with Crippen molar-refractivity contribution in [2.24, 2.45) is 0 Å². The second kappa shape index (κ2) is 7.51. The molecule has 3 rings (SSSR count). The van der Waals surface area contributed by atoms with Gasteiger partial charge in [-0.1, -0.05) is 18.3 Å². The van der Waals surface area contributed by atoms with Gasteiger partial charge in [0.1, 0.15) is 11.9 Å². The number of nitrogens with zero attached hydrogens (tertiary/aromatic N) is 1. The predicted molar refractivity (Wildman–Crippen MR) is 98.2 cm³/mol. The third-order valence-corrected chi connectivity index (χ3v) is 4.92. The van der Waals surface area contributed by atoms with Crippen LogP contribution in [-0.2, 0) is 4.84 Å². The van der Waals surface area contributed by atoms with E-state index < -0.39 is 0 Å². The van der Waals surface area contributed by atoms with Crippen molar-refractivity contribution in [2.45, 2.75) is 13.0 Å². The Bertz CT molecular complexity index is 617. The van der Waals surface area contributed by atoms with Crippen LogP contribution in [0.3, 0.4) is 0 Å². The third-order valence-electron chi connectivity index (χ3n) is 3.84. The molecule has 1 fully saturated rings. The average Bonchev–Trinajstić information content (AvgIpc) is 3.02. The Morgan fingerprint density at radius 1 is 1.48 bits per heavy atom. The van der Waals surface area contributed by atoms with E-state index in [2.05, 4.69) is 15.7 Å². The molecule has 7 heteroatoms. The molecule has 1 atom stereocenters. The van der Waals surface area contributed by atoms with Crippen LogP contribution in [0.1, 0.15) is 12.5 Å². The quantitative estimate of drug-likeness (QED) is 0.811. The lowest BCUT2D eigenvalue weighted by molar-refractivity contribution is 0.0543. The average molecular weight is 353 g/mol. The van der Waals surface area contributed by atoms with Gasteiger partial charge < -0.3 is 10.2 Å². The van der Waals surface area contributed by atoms with Gasteiger partial charge in [-0.2, -0.15) is 11.8 Å². The lowest BCUT2D eigenvalue weighted by Gasteiger charge is -2.29. The molecule has 0 bridgehead atoms. The summed E-state index contributed by atoms with van der Waals surface area (Å²) >= 11 is 6.90. The highest BCUT2D eigenvalue weighted by Crippen LogP contribution is 2.27. The first-order chi connectivity index (χ1) is 11.1. The highest BCUT2D eigenvalue weighted by atomic mass is 32.2.